The third-order valence-electron chi connectivity index (χ3n) is 3.67. The number of hydrogen-bond acceptors (Lipinski definition) is 5. The van der Waals surface area contributed by atoms with Gasteiger partial charge in [-0.05, 0) is 44.0 Å². The second kappa shape index (κ2) is 8.36. The number of thiophene rings is 1. The van der Waals surface area contributed by atoms with Crippen molar-refractivity contribution in [3.63, 3.8) is 0 Å². The van der Waals surface area contributed by atoms with Crippen LogP contribution in [0.4, 0.5) is 5.00 Å². The van der Waals surface area contributed by atoms with Gasteiger partial charge in [0, 0.05) is 9.90 Å². The molecule has 2 rings (SSSR count). The molecule has 0 radical (unpaired) electrons. The van der Waals surface area contributed by atoms with Gasteiger partial charge < -0.3 is 14.8 Å². The fourth-order valence-electron chi connectivity index (χ4n) is 2.42. The van der Waals surface area contributed by atoms with E-state index >= 15 is 0 Å². The average molecular weight is 382 g/mol. The topological polar surface area (TPSA) is 64.6 Å². The first kappa shape index (κ1) is 19.3. The molecule has 0 aliphatic rings. The Kier molecular flexibility index (Phi) is 6.45. The van der Waals surface area contributed by atoms with E-state index in [1.807, 2.05) is 13.8 Å². The summed E-state index contributed by atoms with van der Waals surface area (Å²) in [7, 11) is 1.32. The average Bonchev–Trinajstić information content (AvgIpc) is 2.89. The smallest absolute Gasteiger partial charge is 0.341 e. The molecule has 1 amide bonds. The van der Waals surface area contributed by atoms with E-state index in [1.54, 1.807) is 31.2 Å². The first-order valence-corrected chi connectivity index (χ1v) is 9.00. The van der Waals surface area contributed by atoms with Crippen LogP contribution < -0.4 is 10.1 Å². The largest absolute Gasteiger partial charge is 0.481 e. The first-order chi connectivity index (χ1) is 11.9. The van der Waals surface area contributed by atoms with Crippen molar-refractivity contribution in [1.82, 2.24) is 0 Å². The summed E-state index contributed by atoms with van der Waals surface area (Å²) in [5, 5.41) is 3.78. The molecule has 1 unspecified atom stereocenters. The maximum Gasteiger partial charge on any atom is 0.341 e. The summed E-state index contributed by atoms with van der Waals surface area (Å²) in [5.74, 6) is -0.311. The van der Waals surface area contributed by atoms with E-state index in [0.717, 1.165) is 10.4 Å². The van der Waals surface area contributed by atoms with Crippen LogP contribution in [-0.2, 0) is 16.0 Å². The lowest BCUT2D eigenvalue weighted by molar-refractivity contribution is -0.122. The summed E-state index contributed by atoms with van der Waals surface area (Å²) in [4.78, 5) is 25.5. The number of aryl methyl sites for hydroxylation is 1. The SMILES string of the molecule is CCc1c(C)sc(NC(=O)C(C)Oc2cccc(Cl)c2)c1C(=O)OC. The number of hydrogen-bond donors (Lipinski definition) is 1. The van der Waals surface area contributed by atoms with Gasteiger partial charge in [-0.3, -0.25) is 4.79 Å². The van der Waals surface area contributed by atoms with Crippen LogP contribution in [0.2, 0.25) is 5.02 Å². The Balaban J connectivity index is 2.18. The van der Waals surface area contributed by atoms with Crippen molar-refractivity contribution in [3.05, 3.63) is 45.3 Å². The van der Waals surface area contributed by atoms with Crippen molar-refractivity contribution in [3.8, 4) is 5.75 Å². The second-order valence-corrected chi connectivity index (χ2v) is 7.05. The summed E-state index contributed by atoms with van der Waals surface area (Å²) in [6.07, 6.45) is -0.0755. The molecule has 1 atom stereocenters. The van der Waals surface area contributed by atoms with E-state index in [-0.39, 0.29) is 5.91 Å². The Labute approximate surface area is 155 Å². The van der Waals surface area contributed by atoms with E-state index in [1.165, 1.54) is 18.4 Å². The zero-order valence-electron chi connectivity index (χ0n) is 14.5. The van der Waals surface area contributed by atoms with Gasteiger partial charge in [-0.15, -0.1) is 11.3 Å². The third-order valence-corrected chi connectivity index (χ3v) is 4.96. The number of anilines is 1. The lowest BCUT2D eigenvalue weighted by atomic mass is 10.1. The number of methoxy groups -OCH3 is 1. The number of esters is 1. The van der Waals surface area contributed by atoms with E-state index in [2.05, 4.69) is 5.32 Å². The van der Waals surface area contributed by atoms with Crippen LogP contribution in [0.3, 0.4) is 0 Å². The molecule has 0 bridgehead atoms. The summed E-state index contributed by atoms with van der Waals surface area (Å²) in [6.45, 7) is 5.50. The van der Waals surface area contributed by atoms with E-state index in [0.29, 0.717) is 27.8 Å². The minimum absolute atomic E-state index is 0.353. The van der Waals surface area contributed by atoms with Crippen molar-refractivity contribution in [2.24, 2.45) is 0 Å². The van der Waals surface area contributed by atoms with Crippen molar-refractivity contribution < 1.29 is 19.1 Å². The molecular formula is C18H20ClNO4S. The number of carbonyl (C=O) groups excluding carboxylic acids is 2. The van der Waals surface area contributed by atoms with Crippen molar-refractivity contribution in [2.45, 2.75) is 33.3 Å². The number of carbonyl (C=O) groups is 2. The molecule has 1 aromatic carbocycles. The molecule has 1 N–H and O–H groups in total. The molecular weight excluding hydrogens is 362 g/mol. The van der Waals surface area contributed by atoms with Crippen LogP contribution in [0.25, 0.3) is 0 Å². The molecule has 134 valence electrons. The molecule has 1 aromatic heterocycles. The summed E-state index contributed by atoms with van der Waals surface area (Å²) in [6, 6.07) is 6.83. The Morgan fingerprint density at radius 3 is 2.68 bits per heavy atom. The Morgan fingerprint density at radius 1 is 1.36 bits per heavy atom. The molecule has 0 fully saturated rings. The number of halogens is 1. The van der Waals surface area contributed by atoms with E-state index in [4.69, 9.17) is 21.1 Å². The van der Waals surface area contributed by atoms with Gasteiger partial charge in [0.1, 0.15) is 10.8 Å². The zero-order chi connectivity index (χ0) is 18.6. The number of rotatable bonds is 6. The summed E-state index contributed by atoms with van der Waals surface area (Å²) in [5.41, 5.74) is 1.30. The number of benzene rings is 1. The predicted molar refractivity (Wildman–Crippen MR) is 99.9 cm³/mol. The number of amides is 1. The summed E-state index contributed by atoms with van der Waals surface area (Å²) >= 11 is 7.27. The second-order valence-electron chi connectivity index (χ2n) is 5.39. The highest BCUT2D eigenvalue weighted by atomic mass is 35.5. The highest BCUT2D eigenvalue weighted by Crippen LogP contribution is 2.34. The highest BCUT2D eigenvalue weighted by molar-refractivity contribution is 7.16. The standard InChI is InChI=1S/C18H20ClNO4S/c1-5-14-11(3)25-17(15(14)18(22)23-4)20-16(21)10(2)24-13-8-6-7-12(19)9-13/h6-10H,5H2,1-4H3,(H,20,21). The normalized spacial score (nSPS) is 11.7. The number of nitrogens with one attached hydrogen (secondary N) is 1. The van der Waals surface area contributed by atoms with Crippen LogP contribution in [-0.4, -0.2) is 25.1 Å². The fraction of sp³-hybridized carbons (Fsp3) is 0.333. The zero-order valence-corrected chi connectivity index (χ0v) is 16.1. The van der Waals surface area contributed by atoms with Crippen LogP contribution in [0, 0.1) is 6.92 Å². The molecule has 7 heteroatoms. The monoisotopic (exact) mass is 381 g/mol. The van der Waals surface area contributed by atoms with Crippen LogP contribution in [0.5, 0.6) is 5.75 Å². The van der Waals surface area contributed by atoms with Crippen molar-refractivity contribution in [2.75, 3.05) is 12.4 Å². The van der Waals surface area contributed by atoms with Crippen LogP contribution >= 0.6 is 22.9 Å². The molecule has 25 heavy (non-hydrogen) atoms. The van der Waals surface area contributed by atoms with Gasteiger partial charge in [-0.1, -0.05) is 24.6 Å². The molecule has 0 saturated heterocycles. The Morgan fingerprint density at radius 2 is 2.08 bits per heavy atom. The Bertz CT molecular complexity index is 787. The van der Waals surface area contributed by atoms with Gasteiger partial charge in [0.2, 0.25) is 0 Å². The quantitative estimate of drug-likeness (QED) is 0.750. The van der Waals surface area contributed by atoms with Gasteiger partial charge in [-0.25, -0.2) is 4.79 Å². The molecule has 5 nitrogen and oxygen atoms in total. The molecule has 2 aromatic rings. The van der Waals surface area contributed by atoms with E-state index < -0.39 is 12.1 Å². The van der Waals surface area contributed by atoms with Gasteiger partial charge in [0.25, 0.3) is 5.91 Å². The number of ether oxygens (including phenoxy) is 2. The molecule has 0 spiro atoms. The fourth-order valence-corrected chi connectivity index (χ4v) is 3.74. The molecule has 0 aliphatic carbocycles. The lowest BCUT2D eigenvalue weighted by Crippen LogP contribution is -2.30. The minimum atomic E-state index is -0.753. The molecule has 1 heterocycles. The van der Waals surface area contributed by atoms with E-state index in [9.17, 15) is 9.59 Å². The Hall–Kier alpha value is -2.05. The van der Waals surface area contributed by atoms with Gasteiger partial charge in [-0.2, -0.15) is 0 Å². The van der Waals surface area contributed by atoms with Gasteiger partial charge in [0.05, 0.1) is 12.7 Å². The highest BCUT2D eigenvalue weighted by Gasteiger charge is 2.25. The van der Waals surface area contributed by atoms with Crippen molar-refractivity contribution in [1.29, 1.82) is 0 Å². The minimum Gasteiger partial charge on any atom is -0.481 e. The van der Waals surface area contributed by atoms with Crippen LogP contribution in [0.15, 0.2) is 24.3 Å². The van der Waals surface area contributed by atoms with Gasteiger partial charge in [0.15, 0.2) is 6.10 Å². The van der Waals surface area contributed by atoms with Crippen molar-refractivity contribution >= 4 is 39.8 Å². The lowest BCUT2D eigenvalue weighted by Gasteiger charge is -2.15. The van der Waals surface area contributed by atoms with Crippen LogP contribution in [0.1, 0.15) is 34.6 Å². The van der Waals surface area contributed by atoms with Gasteiger partial charge >= 0.3 is 5.97 Å². The first-order valence-electron chi connectivity index (χ1n) is 7.81. The third kappa shape index (κ3) is 4.52. The predicted octanol–water partition coefficient (Wildman–Crippen LogP) is 4.46. The maximum absolute atomic E-state index is 12.5. The molecule has 0 aliphatic heterocycles. The summed E-state index contributed by atoms with van der Waals surface area (Å²) < 4.78 is 10.5. The molecule has 0 saturated carbocycles. The maximum atomic E-state index is 12.5.